The molecule has 1 saturated carbocycles. The van der Waals surface area contributed by atoms with Crippen LogP contribution in [-0.2, 0) is 24.2 Å². The van der Waals surface area contributed by atoms with E-state index in [1.807, 2.05) is 6.92 Å². The van der Waals surface area contributed by atoms with Gasteiger partial charge in [-0.05, 0) is 62.8 Å². The maximum absolute atomic E-state index is 13.3. The summed E-state index contributed by atoms with van der Waals surface area (Å²) in [7, 11) is 0. The number of nitrogens with zero attached hydrogens (tertiary/aromatic N) is 3. The van der Waals surface area contributed by atoms with Crippen LogP contribution in [0.15, 0.2) is 18.2 Å². The molecule has 2 aromatic rings. The summed E-state index contributed by atoms with van der Waals surface area (Å²) in [5.41, 5.74) is 4.85. The molecule has 0 unspecified atom stereocenters. The first-order chi connectivity index (χ1) is 11.5. The van der Waals surface area contributed by atoms with Crippen molar-refractivity contribution >= 4 is 11.6 Å². The Kier molecular flexibility index (Phi) is 3.66. The Hall–Kier alpha value is -2.17. The highest BCUT2D eigenvalue weighted by atomic mass is 19.1. The third kappa shape index (κ3) is 2.72. The van der Waals surface area contributed by atoms with Crippen LogP contribution in [0.25, 0.3) is 0 Å². The highest BCUT2D eigenvalue weighted by Crippen LogP contribution is 2.32. The predicted octanol–water partition coefficient (Wildman–Crippen LogP) is 3.18. The van der Waals surface area contributed by atoms with Crippen LogP contribution in [0, 0.1) is 25.6 Å². The van der Waals surface area contributed by atoms with E-state index in [2.05, 4.69) is 16.7 Å². The maximum Gasteiger partial charge on any atom is 0.231 e. The van der Waals surface area contributed by atoms with Crippen molar-refractivity contribution in [3.05, 3.63) is 46.5 Å². The lowest BCUT2D eigenvalue weighted by molar-refractivity contribution is -0.117. The number of hydrogen-bond acceptors (Lipinski definition) is 2. The first kappa shape index (κ1) is 15.4. The second kappa shape index (κ2) is 5.72. The highest BCUT2D eigenvalue weighted by molar-refractivity contribution is 5.96. The number of hydrogen-bond donors (Lipinski definition) is 0. The molecule has 0 atom stereocenters. The van der Waals surface area contributed by atoms with Crippen molar-refractivity contribution in [2.45, 2.75) is 46.1 Å². The van der Waals surface area contributed by atoms with Gasteiger partial charge in [0.1, 0.15) is 5.82 Å². The van der Waals surface area contributed by atoms with Crippen LogP contribution in [-0.4, -0.2) is 22.2 Å². The van der Waals surface area contributed by atoms with Crippen molar-refractivity contribution in [1.29, 1.82) is 0 Å². The Labute approximate surface area is 141 Å². The molecule has 1 aliphatic heterocycles. The molecular formula is C19H22FN3O. The molecule has 0 saturated heterocycles. The van der Waals surface area contributed by atoms with E-state index in [4.69, 9.17) is 0 Å². The third-order valence-electron chi connectivity index (χ3n) is 5.23. The highest BCUT2D eigenvalue weighted by Gasteiger charge is 2.28. The average molecular weight is 327 g/mol. The fraction of sp³-hybridized carbons (Fsp3) is 0.474. The van der Waals surface area contributed by atoms with Crippen molar-refractivity contribution in [3.8, 4) is 0 Å². The van der Waals surface area contributed by atoms with Gasteiger partial charge in [0.15, 0.2) is 0 Å². The molecule has 2 aliphatic rings. The van der Waals surface area contributed by atoms with Crippen molar-refractivity contribution in [2.75, 3.05) is 11.4 Å². The van der Waals surface area contributed by atoms with E-state index in [9.17, 15) is 9.18 Å². The second-order valence-corrected chi connectivity index (χ2v) is 7.02. The Morgan fingerprint density at radius 2 is 2.12 bits per heavy atom. The monoisotopic (exact) mass is 327 g/mol. The molecule has 4 rings (SSSR count). The quantitative estimate of drug-likeness (QED) is 0.865. The molecule has 0 radical (unpaired) electrons. The molecule has 1 amide bonds. The van der Waals surface area contributed by atoms with E-state index < -0.39 is 0 Å². The summed E-state index contributed by atoms with van der Waals surface area (Å²) in [5.74, 6) is 0.584. The van der Waals surface area contributed by atoms with Crippen LogP contribution >= 0.6 is 0 Å². The zero-order valence-electron chi connectivity index (χ0n) is 14.2. The van der Waals surface area contributed by atoms with Gasteiger partial charge in [-0.1, -0.05) is 0 Å². The van der Waals surface area contributed by atoms with Crippen LogP contribution in [0.1, 0.15) is 35.4 Å². The number of aryl methyl sites for hydroxylation is 1. The zero-order valence-corrected chi connectivity index (χ0v) is 14.2. The van der Waals surface area contributed by atoms with Gasteiger partial charge in [-0.2, -0.15) is 5.10 Å². The number of aromatic nitrogens is 2. The molecule has 5 heteroatoms. The summed E-state index contributed by atoms with van der Waals surface area (Å²) < 4.78 is 15.4. The molecule has 4 nitrogen and oxygen atoms in total. The normalized spacial score (nSPS) is 16.5. The standard InChI is InChI=1S/C19H22FN3O/c1-12-17(13(2)23(21-12)11-14-3-4-14)10-19(24)22-8-7-15-9-16(20)5-6-18(15)22/h5-6,9,14H,3-4,7-8,10-11H2,1-2H3. The van der Waals surface area contributed by atoms with E-state index in [1.54, 1.807) is 11.0 Å². The molecule has 126 valence electrons. The van der Waals surface area contributed by atoms with E-state index in [0.29, 0.717) is 13.0 Å². The van der Waals surface area contributed by atoms with Gasteiger partial charge in [0, 0.05) is 30.0 Å². The van der Waals surface area contributed by atoms with Gasteiger partial charge in [0.2, 0.25) is 5.91 Å². The number of anilines is 1. The summed E-state index contributed by atoms with van der Waals surface area (Å²) >= 11 is 0. The Morgan fingerprint density at radius 3 is 2.88 bits per heavy atom. The number of rotatable bonds is 4. The molecule has 0 N–H and O–H groups in total. The Bertz CT molecular complexity index is 807. The van der Waals surface area contributed by atoms with Crippen molar-refractivity contribution in [3.63, 3.8) is 0 Å². The van der Waals surface area contributed by atoms with Crippen molar-refractivity contribution in [1.82, 2.24) is 9.78 Å². The fourth-order valence-electron chi connectivity index (χ4n) is 3.59. The topological polar surface area (TPSA) is 38.1 Å². The first-order valence-electron chi connectivity index (χ1n) is 8.64. The number of carbonyl (C=O) groups excluding carboxylic acids is 1. The van der Waals surface area contributed by atoms with E-state index >= 15 is 0 Å². The Morgan fingerprint density at radius 1 is 1.33 bits per heavy atom. The number of fused-ring (bicyclic) bond motifs is 1. The smallest absolute Gasteiger partial charge is 0.231 e. The second-order valence-electron chi connectivity index (χ2n) is 7.02. The molecule has 1 aromatic heterocycles. The number of amides is 1. The van der Waals surface area contributed by atoms with E-state index in [-0.39, 0.29) is 11.7 Å². The molecule has 1 aromatic carbocycles. The van der Waals surface area contributed by atoms with Gasteiger partial charge in [-0.15, -0.1) is 0 Å². The molecule has 0 spiro atoms. The van der Waals surface area contributed by atoms with Crippen LogP contribution in [0.2, 0.25) is 0 Å². The summed E-state index contributed by atoms with van der Waals surface area (Å²) in [6.07, 6.45) is 3.65. The Balaban J connectivity index is 1.54. The summed E-state index contributed by atoms with van der Waals surface area (Å²) in [5, 5.41) is 4.62. The zero-order chi connectivity index (χ0) is 16.8. The summed E-state index contributed by atoms with van der Waals surface area (Å²) in [6, 6.07) is 4.67. The molecule has 2 heterocycles. The number of carbonyl (C=O) groups is 1. The average Bonchev–Trinajstić information content (AvgIpc) is 3.21. The predicted molar refractivity (Wildman–Crippen MR) is 90.6 cm³/mol. The fourth-order valence-corrected chi connectivity index (χ4v) is 3.59. The minimum Gasteiger partial charge on any atom is -0.312 e. The number of benzene rings is 1. The van der Waals surface area contributed by atoms with Crippen molar-refractivity contribution < 1.29 is 9.18 Å². The van der Waals surface area contributed by atoms with Gasteiger partial charge in [0.05, 0.1) is 12.1 Å². The van der Waals surface area contributed by atoms with Gasteiger partial charge < -0.3 is 4.90 Å². The number of halogens is 1. The molecule has 24 heavy (non-hydrogen) atoms. The largest absolute Gasteiger partial charge is 0.312 e. The SMILES string of the molecule is Cc1nn(CC2CC2)c(C)c1CC(=O)N1CCc2cc(F)ccc21. The van der Waals surface area contributed by atoms with Crippen LogP contribution < -0.4 is 4.90 Å². The maximum atomic E-state index is 13.3. The van der Waals surface area contributed by atoms with Crippen LogP contribution in [0.5, 0.6) is 0 Å². The molecule has 1 fully saturated rings. The molecule has 1 aliphatic carbocycles. The van der Waals surface area contributed by atoms with Gasteiger partial charge in [-0.25, -0.2) is 4.39 Å². The lowest BCUT2D eigenvalue weighted by atomic mass is 10.1. The molecular weight excluding hydrogens is 305 g/mol. The van der Waals surface area contributed by atoms with Crippen molar-refractivity contribution in [2.24, 2.45) is 5.92 Å². The van der Waals surface area contributed by atoms with Gasteiger partial charge in [0.25, 0.3) is 0 Å². The first-order valence-corrected chi connectivity index (χ1v) is 8.64. The van der Waals surface area contributed by atoms with Gasteiger partial charge in [-0.3, -0.25) is 9.48 Å². The summed E-state index contributed by atoms with van der Waals surface area (Å²) in [6.45, 7) is 5.63. The van der Waals surface area contributed by atoms with Crippen LogP contribution in [0.4, 0.5) is 10.1 Å². The minimum atomic E-state index is -0.240. The lowest BCUT2D eigenvalue weighted by Gasteiger charge is -2.17. The minimum absolute atomic E-state index is 0.0672. The molecule has 0 bridgehead atoms. The summed E-state index contributed by atoms with van der Waals surface area (Å²) in [4.78, 5) is 14.6. The van der Waals surface area contributed by atoms with Gasteiger partial charge >= 0.3 is 0 Å². The van der Waals surface area contributed by atoms with E-state index in [0.717, 1.165) is 47.1 Å². The van der Waals surface area contributed by atoms with Crippen LogP contribution in [0.3, 0.4) is 0 Å². The third-order valence-corrected chi connectivity index (χ3v) is 5.23. The lowest BCUT2D eigenvalue weighted by Crippen LogP contribution is -2.30. The van der Waals surface area contributed by atoms with E-state index in [1.165, 1.54) is 25.0 Å².